The van der Waals surface area contributed by atoms with Crippen LogP contribution < -0.4 is 0 Å². The molecular formula is C48H28N2S2. The number of rotatable bonds is 4. The average Bonchev–Trinajstić information content (AvgIpc) is 3.84. The summed E-state index contributed by atoms with van der Waals surface area (Å²) in [6.45, 7) is 0. The van der Waals surface area contributed by atoms with Crippen molar-refractivity contribution in [1.29, 1.82) is 0 Å². The number of hydrogen-bond donors (Lipinski definition) is 0. The third kappa shape index (κ3) is 4.76. The van der Waals surface area contributed by atoms with Gasteiger partial charge in [-0.3, -0.25) is 0 Å². The van der Waals surface area contributed by atoms with Crippen molar-refractivity contribution in [1.82, 2.24) is 9.97 Å². The highest BCUT2D eigenvalue weighted by Crippen LogP contribution is 2.45. The first-order chi connectivity index (χ1) is 25.7. The number of benzene rings is 9. The van der Waals surface area contributed by atoms with E-state index in [0.29, 0.717) is 0 Å². The van der Waals surface area contributed by atoms with Crippen LogP contribution in [0.4, 0.5) is 0 Å². The third-order valence-electron chi connectivity index (χ3n) is 10.3. The summed E-state index contributed by atoms with van der Waals surface area (Å²) in [7, 11) is 0. The molecule has 0 N–H and O–H groups in total. The number of nitrogens with zero attached hydrogens (tertiary/aromatic N) is 2. The molecule has 0 aliphatic rings. The van der Waals surface area contributed by atoms with Crippen molar-refractivity contribution in [3.63, 3.8) is 0 Å². The molecule has 0 bridgehead atoms. The molecule has 242 valence electrons. The standard InChI is InChI=1S/C48H28N2S2/c1-2-10-38-37(9-1)45(33-21-17-31-27-35(23-19-29(31)25-33)47-49-41-13-5-7-15-43(41)51-47)39-11-3-4-12-40(39)46(38)34-22-18-32-28-36(24-20-30(32)26-34)48-50-42-14-6-8-16-44(42)52-48/h1-28H. The molecule has 0 amide bonds. The SMILES string of the molecule is c1ccc2sc(-c3ccc4cc(-c5c6ccccc6c(-c6ccc7cc(-c8nc9ccccc9s8)ccc7c6)c6ccccc56)ccc4c3)nc2c1. The molecule has 0 aliphatic heterocycles. The highest BCUT2D eigenvalue weighted by Gasteiger charge is 2.18. The number of aromatic nitrogens is 2. The molecule has 0 spiro atoms. The molecule has 52 heavy (non-hydrogen) atoms. The fourth-order valence-corrected chi connectivity index (χ4v) is 9.73. The number of para-hydroxylation sites is 2. The first kappa shape index (κ1) is 29.5. The molecule has 9 aromatic carbocycles. The van der Waals surface area contributed by atoms with Gasteiger partial charge >= 0.3 is 0 Å². The predicted molar refractivity (Wildman–Crippen MR) is 225 cm³/mol. The third-order valence-corrected chi connectivity index (χ3v) is 12.4. The molecule has 11 aromatic rings. The maximum absolute atomic E-state index is 4.91. The largest absolute Gasteiger partial charge is 0.236 e. The Morgan fingerprint density at radius 2 is 0.635 bits per heavy atom. The van der Waals surface area contributed by atoms with Crippen LogP contribution in [0, 0.1) is 0 Å². The Hall–Kier alpha value is -6.20. The minimum absolute atomic E-state index is 1.05. The van der Waals surface area contributed by atoms with Crippen LogP contribution in [0.5, 0.6) is 0 Å². The molecule has 0 fully saturated rings. The molecule has 4 heteroatoms. The first-order valence-electron chi connectivity index (χ1n) is 17.5. The van der Waals surface area contributed by atoms with Crippen molar-refractivity contribution in [3.05, 3.63) is 170 Å². The lowest BCUT2D eigenvalue weighted by Gasteiger charge is -2.18. The van der Waals surface area contributed by atoms with Crippen molar-refractivity contribution in [3.8, 4) is 43.4 Å². The normalized spacial score (nSPS) is 11.8. The van der Waals surface area contributed by atoms with Gasteiger partial charge in [-0.15, -0.1) is 22.7 Å². The van der Waals surface area contributed by atoms with E-state index >= 15 is 0 Å². The summed E-state index contributed by atoms with van der Waals surface area (Å²) in [5.41, 5.74) is 9.41. The van der Waals surface area contributed by atoms with Crippen molar-refractivity contribution in [2.45, 2.75) is 0 Å². The smallest absolute Gasteiger partial charge is 0.124 e. The maximum Gasteiger partial charge on any atom is 0.124 e. The quantitative estimate of drug-likeness (QED) is 0.171. The van der Waals surface area contributed by atoms with Gasteiger partial charge in [-0.05, 0) is 114 Å². The predicted octanol–water partition coefficient (Wildman–Crippen LogP) is 14.2. The molecule has 0 saturated heterocycles. The monoisotopic (exact) mass is 696 g/mol. The molecule has 0 unspecified atom stereocenters. The van der Waals surface area contributed by atoms with Gasteiger partial charge in [-0.1, -0.05) is 121 Å². The summed E-state index contributed by atoms with van der Waals surface area (Å²) < 4.78 is 2.43. The average molecular weight is 697 g/mol. The molecule has 0 atom stereocenters. The Labute approximate surface area is 307 Å². The Bertz CT molecular complexity index is 2870. The van der Waals surface area contributed by atoms with Crippen molar-refractivity contribution < 1.29 is 0 Å². The molecule has 0 radical (unpaired) electrons. The lowest BCUT2D eigenvalue weighted by Crippen LogP contribution is -1.91. The van der Waals surface area contributed by atoms with Crippen LogP contribution in [0.2, 0.25) is 0 Å². The Morgan fingerprint density at radius 1 is 0.308 bits per heavy atom. The first-order valence-corrected chi connectivity index (χ1v) is 19.1. The zero-order valence-electron chi connectivity index (χ0n) is 27.9. The zero-order chi connectivity index (χ0) is 34.2. The fourth-order valence-electron chi connectivity index (χ4n) is 7.81. The van der Waals surface area contributed by atoms with Crippen LogP contribution in [0.25, 0.3) is 107 Å². The van der Waals surface area contributed by atoms with Crippen molar-refractivity contribution >= 4 is 86.2 Å². The minimum atomic E-state index is 1.05. The lowest BCUT2D eigenvalue weighted by molar-refractivity contribution is 1.48. The van der Waals surface area contributed by atoms with E-state index in [2.05, 4.69) is 170 Å². The summed E-state index contributed by atoms with van der Waals surface area (Å²) in [6.07, 6.45) is 0. The van der Waals surface area contributed by atoms with Crippen LogP contribution in [0.3, 0.4) is 0 Å². The molecule has 2 nitrogen and oxygen atoms in total. The van der Waals surface area contributed by atoms with Crippen LogP contribution in [0.15, 0.2) is 170 Å². The van der Waals surface area contributed by atoms with E-state index in [4.69, 9.17) is 9.97 Å². The molecule has 2 heterocycles. The maximum atomic E-state index is 4.91. The van der Waals surface area contributed by atoms with E-state index in [9.17, 15) is 0 Å². The van der Waals surface area contributed by atoms with E-state index in [1.54, 1.807) is 22.7 Å². The van der Waals surface area contributed by atoms with Gasteiger partial charge in [0.1, 0.15) is 10.0 Å². The second-order valence-corrected chi connectivity index (χ2v) is 15.4. The Kier molecular flexibility index (Phi) is 6.63. The topological polar surface area (TPSA) is 25.8 Å². The van der Waals surface area contributed by atoms with Crippen LogP contribution >= 0.6 is 22.7 Å². The van der Waals surface area contributed by atoms with E-state index < -0.39 is 0 Å². The highest BCUT2D eigenvalue weighted by atomic mass is 32.1. The summed E-state index contributed by atoms with van der Waals surface area (Å²) in [4.78, 5) is 9.83. The van der Waals surface area contributed by atoms with Gasteiger partial charge in [0.15, 0.2) is 0 Å². The van der Waals surface area contributed by atoms with E-state index in [0.717, 1.165) is 32.2 Å². The van der Waals surface area contributed by atoms with E-state index in [1.807, 2.05) is 0 Å². The van der Waals surface area contributed by atoms with Crippen LogP contribution in [-0.2, 0) is 0 Å². The molecule has 2 aromatic heterocycles. The summed E-state index contributed by atoms with van der Waals surface area (Å²) in [5.74, 6) is 0. The highest BCUT2D eigenvalue weighted by molar-refractivity contribution is 7.22. The lowest BCUT2D eigenvalue weighted by atomic mass is 9.85. The molecule has 0 saturated carbocycles. The molecule has 11 rings (SSSR count). The van der Waals surface area contributed by atoms with E-state index in [-0.39, 0.29) is 0 Å². The number of fused-ring (bicyclic) bond motifs is 6. The van der Waals surface area contributed by atoms with Gasteiger partial charge in [0.2, 0.25) is 0 Å². The Morgan fingerprint density at radius 3 is 1.02 bits per heavy atom. The van der Waals surface area contributed by atoms with E-state index in [1.165, 1.54) is 74.7 Å². The fraction of sp³-hybridized carbons (Fsp3) is 0. The van der Waals surface area contributed by atoms with Gasteiger partial charge in [0.25, 0.3) is 0 Å². The second-order valence-electron chi connectivity index (χ2n) is 13.4. The Balaban J connectivity index is 1.04. The van der Waals surface area contributed by atoms with Crippen LogP contribution in [0.1, 0.15) is 0 Å². The van der Waals surface area contributed by atoms with Crippen LogP contribution in [-0.4, -0.2) is 9.97 Å². The van der Waals surface area contributed by atoms with Crippen molar-refractivity contribution in [2.24, 2.45) is 0 Å². The minimum Gasteiger partial charge on any atom is -0.236 e. The van der Waals surface area contributed by atoms with Gasteiger partial charge in [-0.2, -0.15) is 0 Å². The van der Waals surface area contributed by atoms with Gasteiger partial charge in [-0.25, -0.2) is 9.97 Å². The summed E-state index contributed by atoms with van der Waals surface area (Å²) in [5, 5.41) is 12.0. The number of hydrogen-bond acceptors (Lipinski definition) is 4. The molecule has 0 aliphatic carbocycles. The van der Waals surface area contributed by atoms with Gasteiger partial charge in [0.05, 0.1) is 20.4 Å². The molecular weight excluding hydrogens is 669 g/mol. The summed E-state index contributed by atoms with van der Waals surface area (Å²) in [6, 6.07) is 61.8. The summed E-state index contributed by atoms with van der Waals surface area (Å²) >= 11 is 3.50. The number of thiazole rings is 2. The zero-order valence-corrected chi connectivity index (χ0v) is 29.5. The van der Waals surface area contributed by atoms with Crippen molar-refractivity contribution in [2.75, 3.05) is 0 Å². The van der Waals surface area contributed by atoms with Gasteiger partial charge in [0, 0.05) is 11.1 Å². The van der Waals surface area contributed by atoms with Gasteiger partial charge < -0.3 is 0 Å². The second kappa shape index (κ2) is 11.7.